The third kappa shape index (κ3) is 4.11. The Morgan fingerprint density at radius 3 is 3.00 bits per heavy atom. The molecule has 4 nitrogen and oxygen atoms in total. The van der Waals surface area contributed by atoms with Gasteiger partial charge in [0.15, 0.2) is 0 Å². The van der Waals surface area contributed by atoms with Gasteiger partial charge < -0.3 is 15.5 Å². The molecule has 5 heteroatoms. The van der Waals surface area contributed by atoms with Gasteiger partial charge in [0.05, 0.1) is 0 Å². The van der Waals surface area contributed by atoms with Crippen molar-refractivity contribution >= 4 is 24.0 Å². The van der Waals surface area contributed by atoms with E-state index in [-0.39, 0.29) is 18.3 Å². The van der Waals surface area contributed by atoms with E-state index in [1.54, 1.807) is 7.05 Å². The number of benzene rings is 1. The first-order valence-corrected chi connectivity index (χ1v) is 6.44. The van der Waals surface area contributed by atoms with Crippen LogP contribution in [0.25, 0.3) is 0 Å². The van der Waals surface area contributed by atoms with Gasteiger partial charge in [-0.15, -0.1) is 12.4 Å². The lowest BCUT2D eigenvalue weighted by Crippen LogP contribution is -2.26. The van der Waals surface area contributed by atoms with Gasteiger partial charge in [0, 0.05) is 38.8 Å². The van der Waals surface area contributed by atoms with E-state index in [1.807, 2.05) is 0 Å². The number of nitrogens with one attached hydrogen (secondary N) is 2. The fourth-order valence-electron chi connectivity index (χ4n) is 2.33. The molecule has 0 spiro atoms. The van der Waals surface area contributed by atoms with Crippen LogP contribution >= 0.6 is 12.4 Å². The minimum Gasteiger partial charge on any atom is -0.384 e. The number of nitrogens with zero attached hydrogens (tertiary/aromatic N) is 1. The number of amides is 1. The van der Waals surface area contributed by atoms with Gasteiger partial charge in [0.25, 0.3) is 0 Å². The van der Waals surface area contributed by atoms with Gasteiger partial charge >= 0.3 is 0 Å². The quantitative estimate of drug-likeness (QED) is 0.864. The number of hydrogen-bond acceptors (Lipinski definition) is 3. The molecule has 1 aliphatic rings. The molecule has 1 aliphatic heterocycles. The number of carbonyl (C=O) groups excluding carboxylic acids is 1. The topological polar surface area (TPSA) is 44.4 Å². The molecule has 2 N–H and O–H groups in total. The highest BCUT2D eigenvalue weighted by atomic mass is 35.5. The SMILES string of the molecule is CNC(=O)CCN(C)Cc1cccc2c1NCC2.Cl. The summed E-state index contributed by atoms with van der Waals surface area (Å²) in [6.45, 7) is 2.70. The van der Waals surface area contributed by atoms with E-state index in [1.165, 1.54) is 16.8 Å². The van der Waals surface area contributed by atoms with Crippen molar-refractivity contribution < 1.29 is 4.79 Å². The summed E-state index contributed by atoms with van der Waals surface area (Å²) >= 11 is 0. The average Bonchev–Trinajstić information content (AvgIpc) is 2.85. The molecule has 0 unspecified atom stereocenters. The van der Waals surface area contributed by atoms with Crippen LogP contribution in [0.3, 0.4) is 0 Å². The van der Waals surface area contributed by atoms with Gasteiger partial charge in [0.2, 0.25) is 5.91 Å². The van der Waals surface area contributed by atoms with Crippen LogP contribution in [0.15, 0.2) is 18.2 Å². The van der Waals surface area contributed by atoms with Gasteiger partial charge in [-0.05, 0) is 24.6 Å². The van der Waals surface area contributed by atoms with Crippen LogP contribution in [0.5, 0.6) is 0 Å². The summed E-state index contributed by atoms with van der Waals surface area (Å²) in [5, 5.41) is 6.09. The Kier molecular flexibility index (Phi) is 6.12. The Morgan fingerprint density at radius 2 is 2.26 bits per heavy atom. The third-order valence-electron chi connectivity index (χ3n) is 3.37. The zero-order valence-electron chi connectivity index (χ0n) is 11.5. The molecular formula is C14H22ClN3O. The maximum Gasteiger partial charge on any atom is 0.221 e. The van der Waals surface area contributed by atoms with E-state index in [0.717, 1.165) is 26.1 Å². The Labute approximate surface area is 121 Å². The van der Waals surface area contributed by atoms with Crippen molar-refractivity contribution in [3.8, 4) is 0 Å². The molecule has 0 fully saturated rings. The number of carbonyl (C=O) groups is 1. The van der Waals surface area contributed by atoms with Gasteiger partial charge in [-0.2, -0.15) is 0 Å². The first kappa shape index (κ1) is 15.8. The van der Waals surface area contributed by atoms with Crippen LogP contribution in [0, 0.1) is 0 Å². The summed E-state index contributed by atoms with van der Waals surface area (Å²) in [6.07, 6.45) is 1.67. The van der Waals surface area contributed by atoms with Crippen molar-refractivity contribution in [1.29, 1.82) is 0 Å². The van der Waals surface area contributed by atoms with Gasteiger partial charge in [0.1, 0.15) is 0 Å². The van der Waals surface area contributed by atoms with Crippen molar-refractivity contribution in [3.63, 3.8) is 0 Å². The number of rotatable bonds is 5. The smallest absolute Gasteiger partial charge is 0.221 e. The zero-order chi connectivity index (χ0) is 13.0. The van der Waals surface area contributed by atoms with Crippen molar-refractivity contribution in [2.75, 3.05) is 32.5 Å². The Bertz CT molecular complexity index is 437. The molecule has 106 valence electrons. The lowest BCUT2D eigenvalue weighted by atomic mass is 10.1. The predicted octanol–water partition coefficient (Wildman–Crippen LogP) is 1.64. The lowest BCUT2D eigenvalue weighted by Gasteiger charge is -2.18. The first-order valence-electron chi connectivity index (χ1n) is 6.44. The molecule has 2 rings (SSSR count). The summed E-state index contributed by atoms with van der Waals surface area (Å²) in [4.78, 5) is 13.4. The van der Waals surface area contributed by atoms with Crippen molar-refractivity contribution in [2.45, 2.75) is 19.4 Å². The number of para-hydroxylation sites is 1. The number of anilines is 1. The van der Waals surface area contributed by atoms with E-state index in [9.17, 15) is 4.79 Å². The Morgan fingerprint density at radius 1 is 1.47 bits per heavy atom. The van der Waals surface area contributed by atoms with Crippen molar-refractivity contribution in [1.82, 2.24) is 10.2 Å². The van der Waals surface area contributed by atoms with E-state index in [2.05, 4.69) is 40.8 Å². The minimum absolute atomic E-state index is 0. The van der Waals surface area contributed by atoms with Crippen LogP contribution < -0.4 is 10.6 Å². The molecule has 1 amide bonds. The average molecular weight is 284 g/mol. The largest absolute Gasteiger partial charge is 0.384 e. The highest BCUT2D eigenvalue weighted by molar-refractivity contribution is 5.85. The van der Waals surface area contributed by atoms with E-state index in [0.29, 0.717) is 6.42 Å². The van der Waals surface area contributed by atoms with Gasteiger partial charge in [-0.25, -0.2) is 0 Å². The third-order valence-corrected chi connectivity index (χ3v) is 3.37. The minimum atomic E-state index is 0. The van der Waals surface area contributed by atoms with Crippen LogP contribution in [-0.2, 0) is 17.8 Å². The molecular weight excluding hydrogens is 262 g/mol. The van der Waals surface area contributed by atoms with Gasteiger partial charge in [-0.1, -0.05) is 18.2 Å². The first-order chi connectivity index (χ1) is 8.70. The summed E-state index contributed by atoms with van der Waals surface area (Å²) < 4.78 is 0. The molecule has 0 saturated carbocycles. The maximum atomic E-state index is 11.2. The second-order valence-corrected chi connectivity index (χ2v) is 4.79. The standard InChI is InChI=1S/C14H21N3O.ClH/c1-15-13(18)7-9-17(2)10-12-5-3-4-11-6-8-16-14(11)12;/h3-5,16H,6-10H2,1-2H3,(H,15,18);1H. The fraction of sp³-hybridized carbons (Fsp3) is 0.500. The predicted molar refractivity (Wildman–Crippen MR) is 80.9 cm³/mol. The van der Waals surface area contributed by atoms with Gasteiger partial charge in [-0.3, -0.25) is 4.79 Å². The molecule has 0 aliphatic carbocycles. The number of halogens is 1. The van der Waals surface area contributed by atoms with E-state index < -0.39 is 0 Å². The van der Waals surface area contributed by atoms with Crippen LogP contribution in [-0.4, -0.2) is 38.0 Å². The van der Waals surface area contributed by atoms with Crippen LogP contribution in [0.1, 0.15) is 17.5 Å². The number of hydrogen-bond donors (Lipinski definition) is 2. The summed E-state index contributed by atoms with van der Waals surface area (Å²) in [7, 11) is 3.73. The number of fused-ring (bicyclic) bond motifs is 1. The second-order valence-electron chi connectivity index (χ2n) is 4.79. The monoisotopic (exact) mass is 283 g/mol. The second kappa shape index (κ2) is 7.36. The highest BCUT2D eigenvalue weighted by Gasteiger charge is 2.14. The van der Waals surface area contributed by atoms with Crippen LogP contribution in [0.4, 0.5) is 5.69 Å². The van der Waals surface area contributed by atoms with E-state index >= 15 is 0 Å². The Hall–Kier alpha value is -1.26. The van der Waals surface area contributed by atoms with Crippen molar-refractivity contribution in [3.05, 3.63) is 29.3 Å². The van der Waals surface area contributed by atoms with Crippen LogP contribution in [0.2, 0.25) is 0 Å². The normalized spacial score (nSPS) is 12.6. The zero-order valence-corrected chi connectivity index (χ0v) is 12.3. The lowest BCUT2D eigenvalue weighted by molar-refractivity contribution is -0.120. The molecule has 1 heterocycles. The molecule has 0 bridgehead atoms. The summed E-state index contributed by atoms with van der Waals surface area (Å²) in [6, 6.07) is 6.46. The molecule has 1 aromatic rings. The van der Waals surface area contributed by atoms with Crippen molar-refractivity contribution in [2.24, 2.45) is 0 Å². The molecule has 0 aromatic heterocycles. The fourth-order valence-corrected chi connectivity index (χ4v) is 2.33. The van der Waals surface area contributed by atoms with E-state index in [4.69, 9.17) is 0 Å². The Balaban J connectivity index is 0.00000180. The highest BCUT2D eigenvalue weighted by Crippen LogP contribution is 2.27. The molecule has 0 atom stereocenters. The summed E-state index contributed by atoms with van der Waals surface area (Å²) in [5.41, 5.74) is 4.03. The molecule has 0 saturated heterocycles. The molecule has 19 heavy (non-hydrogen) atoms. The molecule has 0 radical (unpaired) electrons. The summed E-state index contributed by atoms with van der Waals surface area (Å²) in [5.74, 6) is 0.0956. The molecule has 1 aromatic carbocycles. The maximum absolute atomic E-state index is 11.2.